The van der Waals surface area contributed by atoms with Gasteiger partial charge in [0.05, 0.1) is 12.5 Å². The number of nitrogens with zero attached hydrogens (tertiary/aromatic N) is 2. The van der Waals surface area contributed by atoms with Crippen LogP contribution in [0.15, 0.2) is 0 Å². The lowest BCUT2D eigenvalue weighted by Crippen LogP contribution is -2.21. The fourth-order valence-electron chi connectivity index (χ4n) is 0.889. The summed E-state index contributed by atoms with van der Waals surface area (Å²) in [6.45, 7) is 1.05. The monoisotopic (exact) mass is 155 g/mol. The van der Waals surface area contributed by atoms with Gasteiger partial charge in [0, 0.05) is 6.04 Å². The van der Waals surface area contributed by atoms with Crippen molar-refractivity contribution in [3.8, 4) is 6.07 Å². The molecule has 2 N–H and O–H groups in total. The second-order valence-electron chi connectivity index (χ2n) is 3.07. The first kappa shape index (κ1) is 10.4. The third-order valence-corrected chi connectivity index (χ3v) is 1.53. The molecule has 0 saturated carbocycles. The van der Waals surface area contributed by atoms with E-state index in [2.05, 4.69) is 11.0 Å². The maximum absolute atomic E-state index is 8.30. The van der Waals surface area contributed by atoms with E-state index in [0.717, 1.165) is 19.4 Å². The van der Waals surface area contributed by atoms with Crippen LogP contribution in [0.25, 0.3) is 0 Å². The Morgan fingerprint density at radius 3 is 2.64 bits per heavy atom. The molecule has 0 radical (unpaired) electrons. The van der Waals surface area contributed by atoms with Crippen molar-refractivity contribution < 1.29 is 0 Å². The minimum Gasteiger partial charge on any atom is -0.327 e. The Labute approximate surface area is 68.8 Å². The van der Waals surface area contributed by atoms with E-state index in [4.69, 9.17) is 11.0 Å². The van der Waals surface area contributed by atoms with Gasteiger partial charge in [0.1, 0.15) is 0 Å². The molecule has 64 valence electrons. The molecule has 3 heteroatoms. The summed E-state index contributed by atoms with van der Waals surface area (Å²) < 4.78 is 0. The summed E-state index contributed by atoms with van der Waals surface area (Å²) in [5.74, 6) is 0. The highest BCUT2D eigenvalue weighted by molar-refractivity contribution is 4.77. The predicted octanol–water partition coefficient (Wildman–Crippen LogP) is 0.569. The van der Waals surface area contributed by atoms with Crippen LogP contribution in [-0.4, -0.2) is 31.6 Å². The fraction of sp³-hybridized carbons (Fsp3) is 0.875. The van der Waals surface area contributed by atoms with Gasteiger partial charge in [-0.25, -0.2) is 0 Å². The summed E-state index contributed by atoms with van der Waals surface area (Å²) >= 11 is 0. The standard InChI is InChI=1S/C8H17N3/c1-11(2)7-3-4-8(10)5-6-9/h8H,3-5,7,10H2,1-2H3. The molecule has 0 aromatic carbocycles. The lowest BCUT2D eigenvalue weighted by Gasteiger charge is -2.11. The van der Waals surface area contributed by atoms with Gasteiger partial charge in [0.2, 0.25) is 0 Å². The van der Waals surface area contributed by atoms with E-state index in [1.165, 1.54) is 0 Å². The molecule has 0 aliphatic carbocycles. The molecule has 1 atom stereocenters. The number of nitriles is 1. The van der Waals surface area contributed by atoms with Gasteiger partial charge in [-0.3, -0.25) is 0 Å². The van der Waals surface area contributed by atoms with Gasteiger partial charge < -0.3 is 10.6 Å². The second kappa shape index (κ2) is 6.14. The van der Waals surface area contributed by atoms with Crippen LogP contribution in [0.4, 0.5) is 0 Å². The van der Waals surface area contributed by atoms with Crippen molar-refractivity contribution in [3.63, 3.8) is 0 Å². The Hall–Kier alpha value is -0.590. The van der Waals surface area contributed by atoms with Crippen molar-refractivity contribution in [2.75, 3.05) is 20.6 Å². The zero-order chi connectivity index (χ0) is 8.69. The Kier molecular flexibility index (Phi) is 5.81. The van der Waals surface area contributed by atoms with E-state index in [9.17, 15) is 0 Å². The third kappa shape index (κ3) is 7.31. The van der Waals surface area contributed by atoms with Crippen LogP contribution in [0.3, 0.4) is 0 Å². The summed E-state index contributed by atoms with van der Waals surface area (Å²) in [4.78, 5) is 2.12. The molecule has 0 fully saturated rings. The molecule has 0 aromatic rings. The quantitative estimate of drug-likeness (QED) is 0.631. The van der Waals surface area contributed by atoms with Crippen molar-refractivity contribution in [3.05, 3.63) is 0 Å². The van der Waals surface area contributed by atoms with E-state index in [0.29, 0.717) is 6.42 Å². The van der Waals surface area contributed by atoms with Crippen LogP contribution in [0, 0.1) is 11.3 Å². The first-order chi connectivity index (χ1) is 5.16. The van der Waals surface area contributed by atoms with Gasteiger partial charge in [-0.1, -0.05) is 0 Å². The topological polar surface area (TPSA) is 53.0 Å². The number of rotatable bonds is 5. The zero-order valence-corrected chi connectivity index (χ0v) is 7.38. The summed E-state index contributed by atoms with van der Waals surface area (Å²) in [7, 11) is 4.08. The molecule has 0 saturated heterocycles. The molecule has 1 unspecified atom stereocenters. The van der Waals surface area contributed by atoms with Gasteiger partial charge in [0.25, 0.3) is 0 Å². The largest absolute Gasteiger partial charge is 0.327 e. The van der Waals surface area contributed by atoms with Gasteiger partial charge in [-0.2, -0.15) is 5.26 Å². The summed E-state index contributed by atoms with van der Waals surface area (Å²) in [6.07, 6.45) is 2.51. The first-order valence-electron chi connectivity index (χ1n) is 3.94. The molecule has 0 rings (SSSR count). The van der Waals surface area contributed by atoms with E-state index >= 15 is 0 Å². The summed E-state index contributed by atoms with van der Waals surface area (Å²) in [5, 5.41) is 8.30. The van der Waals surface area contributed by atoms with Crippen molar-refractivity contribution >= 4 is 0 Å². The van der Waals surface area contributed by atoms with Crippen LogP contribution in [0.2, 0.25) is 0 Å². The van der Waals surface area contributed by atoms with Crippen LogP contribution in [0.5, 0.6) is 0 Å². The number of hydrogen-bond donors (Lipinski definition) is 1. The average molecular weight is 155 g/mol. The minimum atomic E-state index is 0.0694. The summed E-state index contributed by atoms with van der Waals surface area (Å²) in [6, 6.07) is 2.14. The van der Waals surface area contributed by atoms with E-state index in [1.807, 2.05) is 14.1 Å². The Bertz CT molecular complexity index is 126. The predicted molar refractivity (Wildman–Crippen MR) is 46.0 cm³/mol. The number of hydrogen-bond acceptors (Lipinski definition) is 3. The SMILES string of the molecule is CN(C)CCCC(N)CC#N. The van der Waals surface area contributed by atoms with E-state index in [-0.39, 0.29) is 6.04 Å². The van der Waals surface area contributed by atoms with Crippen LogP contribution in [-0.2, 0) is 0 Å². The van der Waals surface area contributed by atoms with Crippen molar-refractivity contribution in [1.82, 2.24) is 4.90 Å². The minimum absolute atomic E-state index is 0.0694. The Morgan fingerprint density at radius 2 is 2.18 bits per heavy atom. The first-order valence-corrected chi connectivity index (χ1v) is 3.94. The smallest absolute Gasteiger partial charge is 0.0638 e. The van der Waals surface area contributed by atoms with Crippen LogP contribution >= 0.6 is 0 Å². The van der Waals surface area contributed by atoms with Gasteiger partial charge in [-0.15, -0.1) is 0 Å². The van der Waals surface area contributed by atoms with Crippen LogP contribution in [0.1, 0.15) is 19.3 Å². The normalized spacial score (nSPS) is 13.0. The molecule has 0 aliphatic rings. The molecule has 0 amide bonds. The molecule has 0 heterocycles. The highest BCUT2D eigenvalue weighted by atomic mass is 15.0. The molecule has 0 spiro atoms. The van der Waals surface area contributed by atoms with E-state index in [1.54, 1.807) is 0 Å². The fourth-order valence-corrected chi connectivity index (χ4v) is 0.889. The van der Waals surface area contributed by atoms with Crippen molar-refractivity contribution in [2.45, 2.75) is 25.3 Å². The van der Waals surface area contributed by atoms with Gasteiger partial charge >= 0.3 is 0 Å². The van der Waals surface area contributed by atoms with Gasteiger partial charge in [-0.05, 0) is 33.5 Å². The second-order valence-corrected chi connectivity index (χ2v) is 3.07. The molecule has 0 aromatic heterocycles. The maximum atomic E-state index is 8.30. The molecule has 11 heavy (non-hydrogen) atoms. The lowest BCUT2D eigenvalue weighted by atomic mass is 10.1. The Morgan fingerprint density at radius 1 is 1.55 bits per heavy atom. The Balaban J connectivity index is 3.18. The van der Waals surface area contributed by atoms with Crippen LogP contribution < -0.4 is 5.73 Å². The summed E-state index contributed by atoms with van der Waals surface area (Å²) in [5.41, 5.74) is 5.63. The average Bonchev–Trinajstić information content (AvgIpc) is 1.87. The lowest BCUT2D eigenvalue weighted by molar-refractivity contribution is 0.385. The highest BCUT2D eigenvalue weighted by Crippen LogP contribution is 1.98. The number of nitrogens with two attached hydrogens (primary N) is 1. The molecule has 0 aliphatic heterocycles. The maximum Gasteiger partial charge on any atom is 0.0638 e. The molecule has 0 bridgehead atoms. The highest BCUT2D eigenvalue weighted by Gasteiger charge is 2.00. The van der Waals surface area contributed by atoms with Gasteiger partial charge in [0.15, 0.2) is 0 Å². The molecular weight excluding hydrogens is 138 g/mol. The van der Waals surface area contributed by atoms with Crippen molar-refractivity contribution in [1.29, 1.82) is 5.26 Å². The van der Waals surface area contributed by atoms with Crippen molar-refractivity contribution in [2.24, 2.45) is 5.73 Å². The molecule has 3 nitrogen and oxygen atoms in total. The van der Waals surface area contributed by atoms with E-state index < -0.39 is 0 Å². The third-order valence-electron chi connectivity index (χ3n) is 1.53. The molecular formula is C8H17N3. The zero-order valence-electron chi connectivity index (χ0n) is 7.38.